The third-order valence-corrected chi connectivity index (χ3v) is 9.64. The number of aliphatic hydroxyl groups excluding tert-OH is 1. The molecule has 0 saturated heterocycles. The van der Waals surface area contributed by atoms with Gasteiger partial charge in [-0.2, -0.15) is 0 Å². The first-order chi connectivity index (χ1) is 9.64. The molecule has 3 rings (SSSR count). The first kappa shape index (κ1) is 13.2. The van der Waals surface area contributed by atoms with Crippen LogP contribution in [0.15, 0.2) is 54.6 Å². The van der Waals surface area contributed by atoms with Gasteiger partial charge in [-0.1, -0.05) is 74.4 Å². The van der Waals surface area contributed by atoms with Crippen LogP contribution in [-0.4, -0.2) is 19.8 Å². The molecule has 1 aliphatic heterocycles. The Labute approximate surface area is 121 Å². The molecular formula is C18H18OSi. The molecule has 0 spiro atoms. The number of hydrogen-bond acceptors (Lipinski definition) is 1. The minimum absolute atomic E-state index is 0.0696. The lowest BCUT2D eigenvalue weighted by Crippen LogP contribution is -2.78. The molecule has 0 aromatic heterocycles. The topological polar surface area (TPSA) is 20.2 Å². The second kappa shape index (κ2) is 4.62. The van der Waals surface area contributed by atoms with Crippen molar-refractivity contribution >= 4 is 18.4 Å². The maximum Gasteiger partial charge on any atom is 0.209 e. The molecule has 1 nitrogen and oxygen atoms in total. The summed E-state index contributed by atoms with van der Waals surface area (Å²) < 4.78 is 0. The molecular weight excluding hydrogens is 260 g/mol. The van der Waals surface area contributed by atoms with Gasteiger partial charge in [-0.3, -0.25) is 0 Å². The zero-order chi connectivity index (χ0) is 14.2. The Hall–Kier alpha value is -1.82. The molecule has 1 heterocycles. The van der Waals surface area contributed by atoms with E-state index in [0.717, 1.165) is 0 Å². The second-order valence-corrected chi connectivity index (χ2v) is 9.86. The number of aliphatic hydroxyl groups is 1. The number of hydrogen-bond donors (Lipinski definition) is 1. The second-order valence-electron chi connectivity index (χ2n) is 5.75. The van der Waals surface area contributed by atoms with Crippen LogP contribution in [0.1, 0.15) is 19.4 Å². The summed E-state index contributed by atoms with van der Waals surface area (Å²) in [5, 5.41) is 12.0. The lowest BCUT2D eigenvalue weighted by molar-refractivity contribution is 0.350. The maximum absolute atomic E-state index is 9.16. The maximum atomic E-state index is 9.16. The largest absolute Gasteiger partial charge is 0.384 e. The summed E-state index contributed by atoms with van der Waals surface area (Å²) in [7, 11) is -2.11. The Morgan fingerprint density at radius 1 is 1.00 bits per heavy atom. The summed E-state index contributed by atoms with van der Waals surface area (Å²) in [6, 6.07) is 19.2. The molecule has 0 fully saturated rings. The molecule has 0 radical (unpaired) electrons. The van der Waals surface area contributed by atoms with Crippen LogP contribution in [0.25, 0.3) is 0 Å². The van der Waals surface area contributed by atoms with Crippen LogP contribution in [0.5, 0.6) is 0 Å². The van der Waals surface area contributed by atoms with Crippen LogP contribution in [0.3, 0.4) is 0 Å². The van der Waals surface area contributed by atoms with Gasteiger partial charge in [-0.15, -0.1) is 5.54 Å². The Kier molecular flexibility index (Phi) is 3.05. The quantitative estimate of drug-likeness (QED) is 0.621. The Morgan fingerprint density at radius 3 is 2.35 bits per heavy atom. The SMILES string of the molecule is CC1(C)c2ccccc2[Si]1(C#CCO)c1ccccc1. The summed E-state index contributed by atoms with van der Waals surface area (Å²) in [4.78, 5) is 0. The predicted molar refractivity (Wildman–Crippen MR) is 85.8 cm³/mol. The monoisotopic (exact) mass is 278 g/mol. The molecule has 20 heavy (non-hydrogen) atoms. The van der Waals surface area contributed by atoms with E-state index in [9.17, 15) is 0 Å². The van der Waals surface area contributed by atoms with Crippen LogP contribution in [-0.2, 0) is 5.04 Å². The van der Waals surface area contributed by atoms with Gasteiger partial charge in [0.05, 0.1) is 0 Å². The van der Waals surface area contributed by atoms with Crippen molar-refractivity contribution in [3.05, 3.63) is 60.2 Å². The third-order valence-electron chi connectivity index (χ3n) is 4.50. The molecule has 2 aromatic carbocycles. The average molecular weight is 278 g/mol. The van der Waals surface area contributed by atoms with Crippen molar-refractivity contribution in [2.75, 3.05) is 6.61 Å². The lowest BCUT2D eigenvalue weighted by atomic mass is 10.00. The van der Waals surface area contributed by atoms with Crippen LogP contribution >= 0.6 is 0 Å². The van der Waals surface area contributed by atoms with Crippen molar-refractivity contribution in [2.24, 2.45) is 0 Å². The minimum Gasteiger partial charge on any atom is -0.384 e. The highest BCUT2D eigenvalue weighted by Crippen LogP contribution is 2.41. The molecule has 0 saturated carbocycles. The van der Waals surface area contributed by atoms with Gasteiger partial charge in [0.25, 0.3) is 0 Å². The van der Waals surface area contributed by atoms with Gasteiger partial charge in [0.2, 0.25) is 8.07 Å². The summed E-state index contributed by atoms with van der Waals surface area (Å²) in [6.07, 6.45) is 0. The summed E-state index contributed by atoms with van der Waals surface area (Å²) in [5.41, 5.74) is 4.89. The van der Waals surface area contributed by atoms with Gasteiger partial charge in [-0.05, 0) is 15.9 Å². The Morgan fingerprint density at radius 2 is 1.65 bits per heavy atom. The molecule has 0 amide bonds. The summed E-state index contributed by atoms with van der Waals surface area (Å²) >= 11 is 0. The van der Waals surface area contributed by atoms with Crippen LogP contribution < -0.4 is 10.4 Å². The Balaban J connectivity index is 2.30. The van der Waals surface area contributed by atoms with Crippen LogP contribution in [0, 0.1) is 11.5 Å². The Bertz CT molecular complexity index is 694. The summed E-state index contributed by atoms with van der Waals surface area (Å²) in [6.45, 7) is 4.51. The van der Waals surface area contributed by atoms with E-state index in [4.69, 9.17) is 5.11 Å². The van der Waals surface area contributed by atoms with Gasteiger partial charge in [-0.25, -0.2) is 0 Å². The van der Waals surface area contributed by atoms with Gasteiger partial charge >= 0.3 is 0 Å². The molecule has 0 aliphatic carbocycles. The smallest absolute Gasteiger partial charge is 0.209 e. The lowest BCUT2D eigenvalue weighted by Gasteiger charge is -2.53. The fourth-order valence-electron chi connectivity index (χ4n) is 3.50. The highest BCUT2D eigenvalue weighted by molar-refractivity contribution is 7.13. The first-order valence-electron chi connectivity index (χ1n) is 6.91. The van der Waals surface area contributed by atoms with Crippen molar-refractivity contribution in [3.63, 3.8) is 0 Å². The fourth-order valence-corrected chi connectivity index (χ4v) is 8.42. The average Bonchev–Trinajstić information content (AvgIpc) is 2.49. The third kappa shape index (κ3) is 1.54. The molecule has 0 bridgehead atoms. The van der Waals surface area contributed by atoms with Crippen LogP contribution in [0.2, 0.25) is 0 Å². The molecule has 100 valence electrons. The van der Waals surface area contributed by atoms with Crippen molar-refractivity contribution in [1.82, 2.24) is 0 Å². The number of benzene rings is 2. The number of rotatable bonds is 1. The highest BCUT2D eigenvalue weighted by atomic mass is 28.3. The molecule has 1 atom stereocenters. The van der Waals surface area contributed by atoms with E-state index in [1.165, 1.54) is 15.9 Å². The van der Waals surface area contributed by atoms with E-state index >= 15 is 0 Å². The van der Waals surface area contributed by atoms with Gasteiger partial charge in [0, 0.05) is 5.04 Å². The highest BCUT2D eigenvalue weighted by Gasteiger charge is 2.60. The van der Waals surface area contributed by atoms with E-state index in [0.29, 0.717) is 0 Å². The zero-order valence-electron chi connectivity index (χ0n) is 11.9. The van der Waals surface area contributed by atoms with Crippen molar-refractivity contribution < 1.29 is 5.11 Å². The predicted octanol–water partition coefficient (Wildman–Crippen LogP) is 1.61. The van der Waals surface area contributed by atoms with E-state index in [2.05, 4.69) is 73.8 Å². The van der Waals surface area contributed by atoms with E-state index in [1.807, 2.05) is 6.07 Å². The van der Waals surface area contributed by atoms with E-state index in [1.54, 1.807) is 0 Å². The van der Waals surface area contributed by atoms with Crippen molar-refractivity contribution in [2.45, 2.75) is 18.9 Å². The van der Waals surface area contributed by atoms with Crippen molar-refractivity contribution in [3.8, 4) is 11.5 Å². The molecule has 2 aromatic rings. The molecule has 2 heteroatoms. The first-order valence-corrected chi connectivity index (χ1v) is 8.91. The molecule has 1 aliphatic rings. The zero-order valence-corrected chi connectivity index (χ0v) is 12.9. The van der Waals surface area contributed by atoms with Crippen LogP contribution in [0.4, 0.5) is 0 Å². The van der Waals surface area contributed by atoms with E-state index in [-0.39, 0.29) is 11.6 Å². The normalized spacial score (nSPS) is 22.1. The van der Waals surface area contributed by atoms with Gasteiger partial charge < -0.3 is 5.11 Å². The molecule has 1 N–H and O–H groups in total. The van der Waals surface area contributed by atoms with Gasteiger partial charge in [0.15, 0.2) is 0 Å². The van der Waals surface area contributed by atoms with Gasteiger partial charge in [0.1, 0.15) is 6.61 Å². The minimum atomic E-state index is -2.11. The summed E-state index contributed by atoms with van der Waals surface area (Å²) in [5.74, 6) is 2.95. The molecule has 1 unspecified atom stereocenters. The number of fused-ring (bicyclic) bond motifs is 1. The fraction of sp³-hybridized carbons (Fsp3) is 0.222. The van der Waals surface area contributed by atoms with Crippen molar-refractivity contribution in [1.29, 1.82) is 0 Å². The van der Waals surface area contributed by atoms with E-state index < -0.39 is 8.07 Å². The standard InChI is InChI=1S/C18H18OSi/c1-18(2)16-11-6-7-12-17(16)20(18,14-8-13-19)15-9-4-3-5-10-15/h3-7,9-12,19H,13H2,1-2H3.